The second kappa shape index (κ2) is 5.30. The van der Waals surface area contributed by atoms with Gasteiger partial charge in [-0.15, -0.1) is 0 Å². The molecular formula is C12H23NO2S. The standard InChI is InChI=1S/C12H23NO2S/c1-11(2,3)15-10(14)13-12(6-4-7-12)8-5-9-16/h16H,4-9H2,1-3H3,(H,13,14). The lowest BCUT2D eigenvalue weighted by atomic mass is 9.74. The topological polar surface area (TPSA) is 38.3 Å². The van der Waals surface area contributed by atoms with E-state index in [1.54, 1.807) is 0 Å². The van der Waals surface area contributed by atoms with Crippen LogP contribution in [0.1, 0.15) is 52.9 Å². The molecule has 1 amide bonds. The van der Waals surface area contributed by atoms with Gasteiger partial charge in [0.1, 0.15) is 5.60 Å². The van der Waals surface area contributed by atoms with Gasteiger partial charge in [-0.3, -0.25) is 0 Å². The molecule has 0 heterocycles. The molecule has 1 saturated carbocycles. The van der Waals surface area contributed by atoms with Gasteiger partial charge in [0, 0.05) is 5.54 Å². The van der Waals surface area contributed by atoms with E-state index in [1.165, 1.54) is 6.42 Å². The molecule has 0 aromatic carbocycles. The Balaban J connectivity index is 2.41. The fourth-order valence-electron chi connectivity index (χ4n) is 1.98. The van der Waals surface area contributed by atoms with Crippen LogP contribution in [0, 0.1) is 0 Å². The number of rotatable bonds is 4. The van der Waals surface area contributed by atoms with Crippen molar-refractivity contribution < 1.29 is 9.53 Å². The maximum Gasteiger partial charge on any atom is 0.408 e. The summed E-state index contributed by atoms with van der Waals surface area (Å²) in [6.45, 7) is 5.65. The number of thiol groups is 1. The molecule has 4 heteroatoms. The molecule has 1 aliphatic rings. The van der Waals surface area contributed by atoms with Crippen LogP contribution < -0.4 is 5.32 Å². The van der Waals surface area contributed by atoms with Crippen LogP contribution in [-0.2, 0) is 4.74 Å². The number of alkyl carbamates (subject to hydrolysis) is 1. The molecule has 0 saturated heterocycles. The Labute approximate surface area is 104 Å². The number of hydrogen-bond acceptors (Lipinski definition) is 3. The van der Waals surface area contributed by atoms with Gasteiger partial charge >= 0.3 is 6.09 Å². The lowest BCUT2D eigenvalue weighted by Gasteiger charge is -2.42. The Hall–Kier alpha value is -0.380. The van der Waals surface area contributed by atoms with Gasteiger partial charge in [0.15, 0.2) is 0 Å². The fourth-order valence-corrected chi connectivity index (χ4v) is 2.14. The first-order valence-corrected chi connectivity index (χ1v) is 6.62. The Morgan fingerprint density at radius 2 is 2.06 bits per heavy atom. The first kappa shape index (κ1) is 13.7. The van der Waals surface area contributed by atoms with E-state index in [0.717, 1.165) is 31.4 Å². The van der Waals surface area contributed by atoms with E-state index < -0.39 is 5.60 Å². The molecule has 1 fully saturated rings. The van der Waals surface area contributed by atoms with Gasteiger partial charge < -0.3 is 10.1 Å². The van der Waals surface area contributed by atoms with Crippen molar-refractivity contribution in [3.63, 3.8) is 0 Å². The van der Waals surface area contributed by atoms with Crippen LogP contribution in [0.5, 0.6) is 0 Å². The zero-order chi connectivity index (χ0) is 12.2. The van der Waals surface area contributed by atoms with Crippen molar-refractivity contribution in [2.45, 2.75) is 64.0 Å². The molecule has 0 bridgehead atoms. The SMILES string of the molecule is CC(C)(C)OC(=O)NC1(CCCS)CCC1. The summed E-state index contributed by atoms with van der Waals surface area (Å²) in [4.78, 5) is 11.7. The minimum atomic E-state index is -0.418. The van der Waals surface area contributed by atoms with Crippen molar-refractivity contribution in [1.29, 1.82) is 0 Å². The molecule has 0 spiro atoms. The summed E-state index contributed by atoms with van der Waals surface area (Å²) in [5.41, 5.74) is -0.427. The monoisotopic (exact) mass is 245 g/mol. The molecule has 0 aromatic rings. The summed E-state index contributed by atoms with van der Waals surface area (Å²) < 4.78 is 5.28. The highest BCUT2D eigenvalue weighted by molar-refractivity contribution is 7.80. The highest BCUT2D eigenvalue weighted by Crippen LogP contribution is 2.36. The zero-order valence-corrected chi connectivity index (χ0v) is 11.4. The second-order valence-corrected chi connectivity index (χ2v) is 6.04. The number of carbonyl (C=O) groups is 1. The fraction of sp³-hybridized carbons (Fsp3) is 0.917. The van der Waals surface area contributed by atoms with Crippen molar-refractivity contribution in [1.82, 2.24) is 5.32 Å². The molecule has 0 radical (unpaired) electrons. The largest absolute Gasteiger partial charge is 0.444 e. The van der Waals surface area contributed by atoms with Crippen molar-refractivity contribution in [3.05, 3.63) is 0 Å². The highest BCUT2D eigenvalue weighted by atomic mass is 32.1. The van der Waals surface area contributed by atoms with E-state index in [0.29, 0.717) is 0 Å². The maximum absolute atomic E-state index is 11.7. The first-order chi connectivity index (χ1) is 7.37. The van der Waals surface area contributed by atoms with Gasteiger partial charge in [-0.25, -0.2) is 4.79 Å². The molecule has 0 unspecified atom stereocenters. The third-order valence-corrected chi connectivity index (χ3v) is 3.21. The van der Waals surface area contributed by atoms with Crippen molar-refractivity contribution in [3.8, 4) is 0 Å². The second-order valence-electron chi connectivity index (χ2n) is 5.59. The smallest absolute Gasteiger partial charge is 0.408 e. The molecular weight excluding hydrogens is 222 g/mol. The summed E-state index contributed by atoms with van der Waals surface area (Å²) >= 11 is 4.21. The first-order valence-electron chi connectivity index (χ1n) is 5.99. The van der Waals surface area contributed by atoms with E-state index in [1.807, 2.05) is 20.8 Å². The van der Waals surface area contributed by atoms with Crippen LogP contribution in [0.4, 0.5) is 4.79 Å². The number of hydrogen-bond donors (Lipinski definition) is 2. The van der Waals surface area contributed by atoms with E-state index >= 15 is 0 Å². The van der Waals surface area contributed by atoms with E-state index in [9.17, 15) is 4.79 Å². The Morgan fingerprint density at radius 1 is 1.44 bits per heavy atom. The molecule has 0 atom stereocenters. The zero-order valence-electron chi connectivity index (χ0n) is 10.5. The molecule has 1 rings (SSSR count). The Kier molecular flexibility index (Phi) is 4.53. The normalized spacial score (nSPS) is 18.8. The van der Waals surface area contributed by atoms with E-state index in [2.05, 4.69) is 17.9 Å². The quantitative estimate of drug-likeness (QED) is 0.747. The summed E-state index contributed by atoms with van der Waals surface area (Å²) in [7, 11) is 0. The Morgan fingerprint density at radius 3 is 2.44 bits per heavy atom. The molecule has 0 aliphatic heterocycles. The number of ether oxygens (including phenoxy) is 1. The van der Waals surface area contributed by atoms with Crippen LogP contribution in [0.2, 0.25) is 0 Å². The van der Waals surface area contributed by atoms with Gasteiger partial charge in [0.05, 0.1) is 0 Å². The molecule has 1 aliphatic carbocycles. The summed E-state index contributed by atoms with van der Waals surface area (Å²) in [6, 6.07) is 0. The van der Waals surface area contributed by atoms with Crippen LogP contribution >= 0.6 is 12.6 Å². The van der Waals surface area contributed by atoms with Crippen molar-refractivity contribution in [2.75, 3.05) is 5.75 Å². The Bertz CT molecular complexity index is 244. The number of nitrogens with one attached hydrogen (secondary N) is 1. The van der Waals surface area contributed by atoms with Gasteiger partial charge in [-0.05, 0) is 58.6 Å². The van der Waals surface area contributed by atoms with Gasteiger partial charge in [-0.2, -0.15) is 12.6 Å². The summed E-state index contributed by atoms with van der Waals surface area (Å²) in [6.07, 6.45) is 5.10. The average molecular weight is 245 g/mol. The highest BCUT2D eigenvalue weighted by Gasteiger charge is 2.38. The lowest BCUT2D eigenvalue weighted by molar-refractivity contribution is 0.0370. The third kappa shape index (κ3) is 4.24. The van der Waals surface area contributed by atoms with E-state index in [4.69, 9.17) is 4.74 Å². The molecule has 94 valence electrons. The predicted molar refractivity (Wildman–Crippen MR) is 69.0 cm³/mol. The van der Waals surface area contributed by atoms with Crippen molar-refractivity contribution >= 4 is 18.7 Å². The van der Waals surface area contributed by atoms with Crippen LogP contribution in [0.3, 0.4) is 0 Å². The summed E-state index contributed by atoms with van der Waals surface area (Å²) in [5.74, 6) is 0.873. The minimum absolute atomic E-state index is 0.00887. The van der Waals surface area contributed by atoms with Gasteiger partial charge in [0.25, 0.3) is 0 Å². The maximum atomic E-state index is 11.7. The minimum Gasteiger partial charge on any atom is -0.444 e. The number of carbonyl (C=O) groups excluding carboxylic acids is 1. The molecule has 0 aromatic heterocycles. The van der Waals surface area contributed by atoms with Gasteiger partial charge in [-0.1, -0.05) is 0 Å². The van der Waals surface area contributed by atoms with Crippen molar-refractivity contribution in [2.24, 2.45) is 0 Å². The molecule has 16 heavy (non-hydrogen) atoms. The van der Waals surface area contributed by atoms with E-state index in [-0.39, 0.29) is 11.6 Å². The van der Waals surface area contributed by atoms with Crippen LogP contribution in [0.25, 0.3) is 0 Å². The van der Waals surface area contributed by atoms with Crippen LogP contribution in [-0.4, -0.2) is 23.0 Å². The average Bonchev–Trinajstić information content (AvgIpc) is 2.06. The number of amides is 1. The predicted octanol–water partition coefficient (Wildman–Crippen LogP) is 3.14. The van der Waals surface area contributed by atoms with Gasteiger partial charge in [0.2, 0.25) is 0 Å². The summed E-state index contributed by atoms with van der Waals surface area (Å²) in [5, 5.41) is 3.03. The molecule has 1 N–H and O–H groups in total. The lowest BCUT2D eigenvalue weighted by Crippen LogP contribution is -2.54. The third-order valence-electron chi connectivity index (χ3n) is 2.89. The molecule has 3 nitrogen and oxygen atoms in total. The van der Waals surface area contributed by atoms with Crippen LogP contribution in [0.15, 0.2) is 0 Å².